The van der Waals surface area contributed by atoms with Crippen molar-refractivity contribution in [2.24, 2.45) is 0 Å². The maximum absolute atomic E-state index is 13.1. The van der Waals surface area contributed by atoms with E-state index < -0.39 is 6.04 Å². The van der Waals surface area contributed by atoms with E-state index in [0.29, 0.717) is 23.8 Å². The van der Waals surface area contributed by atoms with Gasteiger partial charge in [0.05, 0.1) is 18.8 Å². The number of ether oxygens (including phenoxy) is 2. The van der Waals surface area contributed by atoms with Crippen LogP contribution in [-0.4, -0.2) is 35.3 Å². The molecule has 30 heavy (non-hydrogen) atoms. The molecule has 2 unspecified atom stereocenters. The second-order valence-corrected chi connectivity index (χ2v) is 7.97. The highest BCUT2D eigenvalue weighted by atomic mass is 32.2. The monoisotopic (exact) mass is 426 g/mol. The molecule has 2 aliphatic heterocycles. The van der Waals surface area contributed by atoms with Crippen LogP contribution in [0.2, 0.25) is 0 Å². The van der Waals surface area contributed by atoms with E-state index in [-0.39, 0.29) is 29.7 Å². The number of rotatable bonds is 5. The number of fused-ring (bicyclic) bond motifs is 1. The molecular weight excluding hydrogens is 408 g/mol. The van der Waals surface area contributed by atoms with Gasteiger partial charge in [0.25, 0.3) is 5.91 Å². The summed E-state index contributed by atoms with van der Waals surface area (Å²) in [6.07, 6.45) is 4.59. The highest BCUT2D eigenvalue weighted by Gasteiger charge is 2.43. The van der Waals surface area contributed by atoms with E-state index in [1.807, 2.05) is 18.2 Å². The fourth-order valence-electron chi connectivity index (χ4n) is 3.51. The second kappa shape index (κ2) is 7.83. The van der Waals surface area contributed by atoms with Gasteiger partial charge in [-0.15, -0.1) is 11.8 Å². The molecule has 5 rings (SSSR count). The van der Waals surface area contributed by atoms with Gasteiger partial charge in [0.2, 0.25) is 12.7 Å². The van der Waals surface area contributed by atoms with Gasteiger partial charge in [-0.3, -0.25) is 9.59 Å². The molecule has 2 aromatic heterocycles. The number of hydrogen-bond donors (Lipinski definition) is 1. The molecule has 1 fully saturated rings. The van der Waals surface area contributed by atoms with Gasteiger partial charge in [0.15, 0.2) is 17.3 Å². The maximum atomic E-state index is 13.1. The first-order valence-electron chi connectivity index (χ1n) is 9.37. The SMILES string of the molecule is O=C(NCc1ccc2c(c1)OCO2)C1CSC(c2ccoc2)N1C(=O)c1ccco1. The smallest absolute Gasteiger partial charge is 0.291 e. The van der Waals surface area contributed by atoms with Crippen LogP contribution in [0.1, 0.15) is 27.1 Å². The van der Waals surface area contributed by atoms with E-state index in [0.717, 1.165) is 11.1 Å². The minimum Gasteiger partial charge on any atom is -0.472 e. The highest BCUT2D eigenvalue weighted by Crippen LogP contribution is 2.42. The summed E-state index contributed by atoms with van der Waals surface area (Å²) in [5.74, 6) is 1.45. The van der Waals surface area contributed by atoms with E-state index in [1.165, 1.54) is 18.0 Å². The Labute approximate surface area is 176 Å². The van der Waals surface area contributed by atoms with E-state index in [2.05, 4.69) is 5.32 Å². The Morgan fingerprint density at radius 2 is 2.03 bits per heavy atom. The molecular formula is C21H18N2O6S. The summed E-state index contributed by atoms with van der Waals surface area (Å²) in [6, 6.07) is 9.94. The molecule has 0 saturated carbocycles. The third kappa shape index (κ3) is 3.41. The number of nitrogens with one attached hydrogen (secondary N) is 1. The molecule has 1 N–H and O–H groups in total. The average molecular weight is 426 g/mol. The minimum atomic E-state index is -0.637. The first-order valence-corrected chi connectivity index (χ1v) is 10.4. The van der Waals surface area contributed by atoms with Crippen molar-refractivity contribution in [2.75, 3.05) is 12.5 Å². The number of nitrogens with zero attached hydrogens (tertiary/aromatic N) is 1. The van der Waals surface area contributed by atoms with Gasteiger partial charge < -0.3 is 28.5 Å². The molecule has 2 amide bonds. The molecule has 0 spiro atoms. The molecule has 2 atom stereocenters. The number of furan rings is 2. The lowest BCUT2D eigenvalue weighted by Crippen LogP contribution is -2.47. The summed E-state index contributed by atoms with van der Waals surface area (Å²) >= 11 is 1.51. The number of carbonyl (C=O) groups excluding carboxylic acids is 2. The molecule has 0 radical (unpaired) electrons. The number of hydrogen-bond acceptors (Lipinski definition) is 7. The van der Waals surface area contributed by atoms with E-state index in [4.69, 9.17) is 18.3 Å². The van der Waals surface area contributed by atoms with E-state index >= 15 is 0 Å². The van der Waals surface area contributed by atoms with Crippen LogP contribution in [0.3, 0.4) is 0 Å². The zero-order chi connectivity index (χ0) is 20.5. The van der Waals surface area contributed by atoms with Crippen molar-refractivity contribution in [1.82, 2.24) is 10.2 Å². The molecule has 1 saturated heterocycles. The zero-order valence-electron chi connectivity index (χ0n) is 15.8. The Kier molecular flexibility index (Phi) is 4.88. The van der Waals surface area contributed by atoms with Crippen LogP contribution in [0.5, 0.6) is 11.5 Å². The van der Waals surface area contributed by atoms with Gasteiger partial charge in [-0.2, -0.15) is 0 Å². The van der Waals surface area contributed by atoms with Crippen molar-refractivity contribution in [1.29, 1.82) is 0 Å². The first-order chi connectivity index (χ1) is 14.7. The topological polar surface area (TPSA) is 94.2 Å². The zero-order valence-corrected chi connectivity index (χ0v) is 16.6. The molecule has 8 nitrogen and oxygen atoms in total. The van der Waals surface area contributed by atoms with Crippen LogP contribution in [0.25, 0.3) is 0 Å². The summed E-state index contributed by atoms with van der Waals surface area (Å²) in [7, 11) is 0. The molecule has 2 aliphatic rings. The van der Waals surface area contributed by atoms with Gasteiger partial charge in [-0.25, -0.2) is 0 Å². The number of amides is 2. The summed E-state index contributed by atoms with van der Waals surface area (Å²) in [5.41, 5.74) is 1.71. The van der Waals surface area contributed by atoms with Crippen LogP contribution in [-0.2, 0) is 11.3 Å². The molecule has 9 heteroatoms. The fraction of sp³-hybridized carbons (Fsp3) is 0.238. The molecule has 0 bridgehead atoms. The summed E-state index contributed by atoms with van der Waals surface area (Å²) in [6.45, 7) is 0.513. The van der Waals surface area contributed by atoms with Crippen LogP contribution >= 0.6 is 11.8 Å². The van der Waals surface area contributed by atoms with Crippen LogP contribution in [0, 0.1) is 0 Å². The van der Waals surface area contributed by atoms with Crippen molar-refractivity contribution >= 4 is 23.6 Å². The average Bonchev–Trinajstić information content (AvgIpc) is 3.57. The Morgan fingerprint density at radius 1 is 1.13 bits per heavy atom. The Bertz CT molecular complexity index is 1050. The third-order valence-electron chi connectivity index (χ3n) is 5.00. The fourth-order valence-corrected chi connectivity index (χ4v) is 4.92. The van der Waals surface area contributed by atoms with Crippen molar-refractivity contribution in [3.8, 4) is 11.5 Å². The Hall–Kier alpha value is -3.33. The lowest BCUT2D eigenvalue weighted by atomic mass is 10.1. The Balaban J connectivity index is 1.33. The van der Waals surface area contributed by atoms with Crippen molar-refractivity contribution in [3.05, 3.63) is 72.1 Å². The normalized spacial score (nSPS) is 19.8. The molecule has 3 aromatic rings. The lowest BCUT2D eigenvalue weighted by molar-refractivity contribution is -0.125. The number of carbonyl (C=O) groups is 2. The molecule has 1 aromatic carbocycles. The number of thioether (sulfide) groups is 1. The first kappa shape index (κ1) is 18.7. The largest absolute Gasteiger partial charge is 0.472 e. The highest BCUT2D eigenvalue weighted by molar-refractivity contribution is 7.99. The molecule has 154 valence electrons. The quantitative estimate of drug-likeness (QED) is 0.670. The number of benzene rings is 1. The van der Waals surface area contributed by atoms with Crippen LogP contribution in [0.4, 0.5) is 0 Å². The van der Waals surface area contributed by atoms with Gasteiger partial charge in [0.1, 0.15) is 11.4 Å². The van der Waals surface area contributed by atoms with Crippen molar-refractivity contribution in [2.45, 2.75) is 18.0 Å². The van der Waals surface area contributed by atoms with Crippen molar-refractivity contribution in [3.63, 3.8) is 0 Å². The van der Waals surface area contributed by atoms with E-state index in [9.17, 15) is 9.59 Å². The molecule has 4 heterocycles. The van der Waals surface area contributed by atoms with Crippen LogP contribution < -0.4 is 14.8 Å². The third-order valence-corrected chi connectivity index (χ3v) is 6.32. The maximum Gasteiger partial charge on any atom is 0.291 e. The minimum absolute atomic E-state index is 0.194. The van der Waals surface area contributed by atoms with Gasteiger partial charge in [-0.05, 0) is 35.9 Å². The Morgan fingerprint density at radius 3 is 2.83 bits per heavy atom. The predicted molar refractivity (Wildman–Crippen MR) is 107 cm³/mol. The van der Waals surface area contributed by atoms with Gasteiger partial charge in [-0.1, -0.05) is 6.07 Å². The summed E-state index contributed by atoms with van der Waals surface area (Å²) < 4.78 is 21.2. The molecule has 0 aliphatic carbocycles. The van der Waals surface area contributed by atoms with Crippen LogP contribution in [0.15, 0.2) is 64.0 Å². The van der Waals surface area contributed by atoms with E-state index in [1.54, 1.807) is 35.6 Å². The standard InChI is InChI=1S/C21H18N2O6S/c24-19(22-9-13-3-4-16-18(8-13)29-12-28-16)15-11-30-21(14-5-7-26-10-14)23(15)20(25)17-2-1-6-27-17/h1-8,10,15,21H,9,11-12H2,(H,22,24). The summed E-state index contributed by atoms with van der Waals surface area (Å²) in [5, 5.41) is 2.60. The lowest BCUT2D eigenvalue weighted by Gasteiger charge is -2.27. The predicted octanol–water partition coefficient (Wildman–Crippen LogP) is 3.17. The second-order valence-electron chi connectivity index (χ2n) is 6.85. The van der Waals surface area contributed by atoms with Gasteiger partial charge in [0, 0.05) is 17.9 Å². The van der Waals surface area contributed by atoms with Gasteiger partial charge >= 0.3 is 0 Å². The van der Waals surface area contributed by atoms with Crippen molar-refractivity contribution < 1.29 is 27.9 Å². The summed E-state index contributed by atoms with van der Waals surface area (Å²) in [4.78, 5) is 27.7.